The highest BCUT2D eigenvalue weighted by molar-refractivity contribution is 5.72. The van der Waals surface area contributed by atoms with Gasteiger partial charge in [0.1, 0.15) is 0 Å². The smallest absolute Gasteiger partial charge is 0.255 e. The molecule has 3 aromatic rings. The fraction of sp³-hybridized carbons (Fsp3) is 0.238. The number of rotatable bonds is 4. The van der Waals surface area contributed by atoms with Crippen LogP contribution in [0.1, 0.15) is 18.4 Å². The first kappa shape index (κ1) is 15.8. The zero-order chi connectivity index (χ0) is 17.1. The van der Waals surface area contributed by atoms with Crippen LogP contribution in [0.2, 0.25) is 0 Å². The van der Waals surface area contributed by atoms with E-state index in [0.717, 1.165) is 36.5 Å². The Kier molecular flexibility index (Phi) is 4.44. The van der Waals surface area contributed by atoms with E-state index in [9.17, 15) is 4.79 Å². The van der Waals surface area contributed by atoms with Gasteiger partial charge in [-0.1, -0.05) is 30.3 Å². The molecule has 1 aromatic carbocycles. The third kappa shape index (κ3) is 3.39. The average Bonchev–Trinajstić information content (AvgIpc) is 3.17. The van der Waals surface area contributed by atoms with Crippen molar-refractivity contribution in [3.05, 3.63) is 76.8 Å². The van der Waals surface area contributed by atoms with Gasteiger partial charge in [0.15, 0.2) is 0 Å². The van der Waals surface area contributed by atoms with Crippen LogP contribution in [0.25, 0.3) is 22.4 Å². The highest BCUT2D eigenvalue weighted by Crippen LogP contribution is 2.26. The molecular formula is C21H21N3O. The predicted molar refractivity (Wildman–Crippen MR) is 100 cm³/mol. The maximum atomic E-state index is 12.5. The van der Waals surface area contributed by atoms with Gasteiger partial charge in [-0.3, -0.25) is 14.7 Å². The van der Waals surface area contributed by atoms with Crippen molar-refractivity contribution in [2.75, 3.05) is 13.1 Å². The number of aromatic nitrogens is 2. The Morgan fingerprint density at radius 2 is 1.80 bits per heavy atom. The van der Waals surface area contributed by atoms with Crippen LogP contribution in [0, 0.1) is 0 Å². The predicted octanol–water partition coefficient (Wildman–Crippen LogP) is 3.70. The number of likely N-dealkylation sites (tertiary alicyclic amines) is 1. The first-order valence-corrected chi connectivity index (χ1v) is 8.76. The number of nitrogens with one attached hydrogen (secondary N) is 1. The summed E-state index contributed by atoms with van der Waals surface area (Å²) in [5.74, 6) is 0. The number of hydrogen-bond donors (Lipinski definition) is 1. The molecule has 1 N–H and O–H groups in total. The minimum atomic E-state index is -0.0615. The molecule has 4 nitrogen and oxygen atoms in total. The van der Waals surface area contributed by atoms with Gasteiger partial charge in [-0.15, -0.1) is 0 Å². The summed E-state index contributed by atoms with van der Waals surface area (Å²) in [5.41, 5.74) is 4.64. The van der Waals surface area contributed by atoms with Crippen molar-refractivity contribution in [2.24, 2.45) is 0 Å². The Morgan fingerprint density at radius 3 is 2.60 bits per heavy atom. The molecule has 1 saturated heterocycles. The number of hydrogen-bond acceptors (Lipinski definition) is 3. The van der Waals surface area contributed by atoms with Crippen LogP contribution in [0.3, 0.4) is 0 Å². The zero-order valence-electron chi connectivity index (χ0n) is 14.1. The molecule has 1 aliphatic rings. The fourth-order valence-corrected chi connectivity index (χ4v) is 3.47. The molecule has 3 heterocycles. The van der Waals surface area contributed by atoms with E-state index >= 15 is 0 Å². The number of nitrogens with zero attached hydrogens (tertiary/aromatic N) is 2. The summed E-state index contributed by atoms with van der Waals surface area (Å²) in [6.45, 7) is 3.17. The number of aromatic amines is 1. The first-order chi connectivity index (χ1) is 12.3. The molecule has 25 heavy (non-hydrogen) atoms. The topological polar surface area (TPSA) is 49.0 Å². The van der Waals surface area contributed by atoms with Crippen molar-refractivity contribution in [2.45, 2.75) is 19.4 Å². The van der Waals surface area contributed by atoms with Crippen molar-refractivity contribution in [3.8, 4) is 22.4 Å². The van der Waals surface area contributed by atoms with Crippen molar-refractivity contribution in [3.63, 3.8) is 0 Å². The second-order valence-corrected chi connectivity index (χ2v) is 6.49. The van der Waals surface area contributed by atoms with Crippen molar-refractivity contribution < 1.29 is 0 Å². The molecule has 4 heteroatoms. The molecule has 126 valence electrons. The molecule has 0 saturated carbocycles. The molecular weight excluding hydrogens is 310 g/mol. The highest BCUT2D eigenvalue weighted by Gasteiger charge is 2.16. The largest absolute Gasteiger partial charge is 0.328 e. The second-order valence-electron chi connectivity index (χ2n) is 6.49. The summed E-state index contributed by atoms with van der Waals surface area (Å²) in [6.07, 6.45) is 6.02. The standard InChI is InChI=1S/C21H21N3O/c25-21-19(13-17(14-23-21)20-9-3-4-10-22-20)18-8-2-1-7-16(18)15-24-11-5-6-12-24/h1-4,7-10,13-14H,5-6,11-12,15H2,(H,23,25). The third-order valence-corrected chi connectivity index (χ3v) is 4.76. The Labute approximate surface area is 147 Å². The van der Waals surface area contributed by atoms with Gasteiger partial charge in [-0.05, 0) is 55.3 Å². The van der Waals surface area contributed by atoms with Crippen molar-refractivity contribution >= 4 is 0 Å². The second kappa shape index (κ2) is 7.03. The van der Waals surface area contributed by atoms with Crippen molar-refractivity contribution in [1.29, 1.82) is 0 Å². The lowest BCUT2D eigenvalue weighted by Crippen LogP contribution is -2.19. The molecule has 4 rings (SSSR count). The summed E-state index contributed by atoms with van der Waals surface area (Å²) < 4.78 is 0. The fourth-order valence-electron chi connectivity index (χ4n) is 3.47. The van der Waals surface area contributed by atoms with Gasteiger partial charge in [0.05, 0.1) is 5.69 Å². The number of benzene rings is 1. The van der Waals surface area contributed by atoms with E-state index in [1.807, 2.05) is 42.5 Å². The lowest BCUT2D eigenvalue weighted by Gasteiger charge is -2.17. The van der Waals surface area contributed by atoms with E-state index in [1.165, 1.54) is 18.4 Å². The van der Waals surface area contributed by atoms with Gasteiger partial charge in [0.25, 0.3) is 5.56 Å². The van der Waals surface area contributed by atoms with E-state index in [-0.39, 0.29) is 5.56 Å². The molecule has 0 amide bonds. The van der Waals surface area contributed by atoms with Crippen LogP contribution in [0.15, 0.2) is 65.7 Å². The Morgan fingerprint density at radius 1 is 1.00 bits per heavy atom. The summed E-state index contributed by atoms with van der Waals surface area (Å²) in [6, 6.07) is 16.0. The van der Waals surface area contributed by atoms with Crippen LogP contribution in [-0.4, -0.2) is 28.0 Å². The zero-order valence-corrected chi connectivity index (χ0v) is 14.1. The molecule has 0 unspecified atom stereocenters. The van der Waals surface area contributed by atoms with E-state index in [0.29, 0.717) is 5.56 Å². The van der Waals surface area contributed by atoms with Crippen LogP contribution in [0.5, 0.6) is 0 Å². The van der Waals surface area contributed by atoms with E-state index in [4.69, 9.17) is 0 Å². The third-order valence-electron chi connectivity index (χ3n) is 4.76. The van der Waals surface area contributed by atoms with Crippen LogP contribution in [0.4, 0.5) is 0 Å². The van der Waals surface area contributed by atoms with Crippen LogP contribution in [-0.2, 0) is 6.54 Å². The highest BCUT2D eigenvalue weighted by atomic mass is 16.1. The van der Waals surface area contributed by atoms with Gasteiger partial charge < -0.3 is 4.98 Å². The molecule has 1 fully saturated rings. The van der Waals surface area contributed by atoms with Crippen molar-refractivity contribution in [1.82, 2.24) is 14.9 Å². The summed E-state index contributed by atoms with van der Waals surface area (Å²) >= 11 is 0. The average molecular weight is 331 g/mol. The molecule has 0 atom stereocenters. The van der Waals surface area contributed by atoms with E-state index < -0.39 is 0 Å². The maximum Gasteiger partial charge on any atom is 0.255 e. The van der Waals surface area contributed by atoms with Gasteiger partial charge in [0.2, 0.25) is 0 Å². The normalized spacial score (nSPS) is 14.7. The maximum absolute atomic E-state index is 12.5. The minimum Gasteiger partial charge on any atom is -0.328 e. The lowest BCUT2D eigenvalue weighted by atomic mass is 9.98. The Bertz CT molecular complexity index is 912. The van der Waals surface area contributed by atoms with E-state index in [1.54, 1.807) is 12.4 Å². The molecule has 0 spiro atoms. The SMILES string of the molecule is O=c1[nH]cc(-c2ccccn2)cc1-c1ccccc1CN1CCCC1. The lowest BCUT2D eigenvalue weighted by molar-refractivity contribution is 0.332. The van der Waals surface area contributed by atoms with Gasteiger partial charge in [-0.2, -0.15) is 0 Å². The Hall–Kier alpha value is -2.72. The summed E-state index contributed by atoms with van der Waals surface area (Å²) in [4.78, 5) is 22.2. The molecule has 0 aliphatic carbocycles. The Balaban J connectivity index is 1.75. The molecule has 0 bridgehead atoms. The minimum absolute atomic E-state index is 0.0615. The van der Waals surface area contributed by atoms with E-state index in [2.05, 4.69) is 20.9 Å². The molecule has 2 aromatic heterocycles. The van der Waals surface area contributed by atoms with Gasteiger partial charge >= 0.3 is 0 Å². The van der Waals surface area contributed by atoms with Crippen LogP contribution < -0.4 is 5.56 Å². The summed E-state index contributed by atoms with van der Waals surface area (Å²) in [5, 5.41) is 0. The molecule has 1 aliphatic heterocycles. The molecule has 0 radical (unpaired) electrons. The first-order valence-electron chi connectivity index (χ1n) is 8.76. The van der Waals surface area contributed by atoms with Crippen LogP contribution >= 0.6 is 0 Å². The quantitative estimate of drug-likeness (QED) is 0.793. The number of pyridine rings is 2. The summed E-state index contributed by atoms with van der Waals surface area (Å²) in [7, 11) is 0. The number of H-pyrrole nitrogens is 1. The van der Waals surface area contributed by atoms with Gasteiger partial charge in [-0.25, -0.2) is 0 Å². The van der Waals surface area contributed by atoms with Gasteiger partial charge in [0, 0.05) is 30.1 Å². The monoisotopic (exact) mass is 331 g/mol.